The number of carbonyl (C=O) groups excluding carboxylic acids is 2. The van der Waals surface area contributed by atoms with Crippen molar-refractivity contribution in [3.05, 3.63) is 156 Å². The van der Waals surface area contributed by atoms with Crippen molar-refractivity contribution in [1.82, 2.24) is 9.47 Å². The van der Waals surface area contributed by atoms with E-state index in [1.54, 1.807) is 45.4 Å². The molecule has 0 saturated carbocycles. The summed E-state index contributed by atoms with van der Waals surface area (Å²) in [4.78, 5) is 32.0. The predicted molar refractivity (Wildman–Crippen MR) is 211 cm³/mol. The maximum Gasteiger partial charge on any atom is 0.274 e. The van der Waals surface area contributed by atoms with Crippen molar-refractivity contribution >= 4 is 22.6 Å². The van der Waals surface area contributed by atoms with Crippen molar-refractivity contribution in [2.24, 2.45) is 0 Å². The zero-order valence-electron chi connectivity index (χ0n) is 31.0. The first kappa shape index (κ1) is 36.3. The first-order valence-corrected chi connectivity index (χ1v) is 18.5. The summed E-state index contributed by atoms with van der Waals surface area (Å²) in [6, 6.07) is 42.5. The highest BCUT2D eigenvalue weighted by molar-refractivity contribution is 6.11. The monoisotopic (exact) mass is 722 g/mol. The summed E-state index contributed by atoms with van der Waals surface area (Å²) in [5, 5.41) is 1.16. The molecule has 8 heteroatoms. The molecule has 6 aromatic rings. The minimum Gasteiger partial charge on any atom is -0.497 e. The van der Waals surface area contributed by atoms with Crippen molar-refractivity contribution in [2.45, 2.75) is 50.4 Å². The number of aryl methyl sites for hydroxylation is 1. The van der Waals surface area contributed by atoms with Gasteiger partial charge in [0.2, 0.25) is 11.4 Å². The number of likely N-dealkylation sites (tertiary alicyclic amines) is 1. The quantitative estimate of drug-likeness (QED) is 0.0990. The maximum atomic E-state index is 15.2. The molecule has 1 aromatic heterocycles. The Labute approximate surface area is 316 Å². The maximum absolute atomic E-state index is 15.2. The van der Waals surface area contributed by atoms with Crippen molar-refractivity contribution in [3.8, 4) is 23.0 Å². The van der Waals surface area contributed by atoms with E-state index < -0.39 is 17.5 Å². The Bertz CT molecular complexity index is 2200. The van der Waals surface area contributed by atoms with E-state index in [9.17, 15) is 4.79 Å². The number of fused-ring (bicyclic) bond motifs is 1. The van der Waals surface area contributed by atoms with Crippen LogP contribution < -0.4 is 18.9 Å². The fourth-order valence-electron chi connectivity index (χ4n) is 7.56. The molecule has 0 radical (unpaired) electrons. The average molecular weight is 723 g/mol. The van der Waals surface area contributed by atoms with Crippen LogP contribution in [0.2, 0.25) is 0 Å². The molecule has 1 aliphatic heterocycles. The average Bonchev–Trinajstić information content (AvgIpc) is 3.85. The van der Waals surface area contributed by atoms with Gasteiger partial charge in [-0.15, -0.1) is 0 Å². The van der Waals surface area contributed by atoms with Crippen LogP contribution >= 0.6 is 0 Å². The van der Waals surface area contributed by atoms with Crippen LogP contribution in [0, 0.1) is 0 Å². The van der Waals surface area contributed by atoms with Crippen LogP contribution in [0.1, 0.15) is 42.4 Å². The molecule has 1 fully saturated rings. The number of amides is 1. The third-order valence-corrected chi connectivity index (χ3v) is 10.3. The number of hydrogen-bond donors (Lipinski definition) is 0. The van der Waals surface area contributed by atoms with E-state index in [1.165, 1.54) is 5.56 Å². The molecule has 5 aromatic carbocycles. The molecule has 0 bridgehead atoms. The van der Waals surface area contributed by atoms with Gasteiger partial charge in [0.15, 0.2) is 6.10 Å². The number of rotatable bonds is 15. The molecule has 3 atom stereocenters. The van der Waals surface area contributed by atoms with E-state index in [0.29, 0.717) is 43.3 Å². The largest absolute Gasteiger partial charge is 0.497 e. The second-order valence-corrected chi connectivity index (χ2v) is 13.8. The fraction of sp³-hybridized carbons (Fsp3) is 0.261. The van der Waals surface area contributed by atoms with Gasteiger partial charge < -0.3 is 28.4 Å². The van der Waals surface area contributed by atoms with E-state index in [4.69, 9.17) is 18.9 Å². The van der Waals surface area contributed by atoms with E-state index in [0.717, 1.165) is 34.2 Å². The van der Waals surface area contributed by atoms with Gasteiger partial charge in [-0.2, -0.15) is 0 Å². The minimum atomic E-state index is -1.87. The van der Waals surface area contributed by atoms with Gasteiger partial charge in [-0.1, -0.05) is 78.9 Å². The summed E-state index contributed by atoms with van der Waals surface area (Å²) in [5.41, 5.74) is 2.50. The molecule has 276 valence electrons. The SMILES string of the molecule is COc1cccc(CCC(Oc2ccccc2)(C(=O)C(C)Oc2ccccc2)C(=O)N2CCC(c3cn(Cc4cccc(OC)c4)c4ccccc34)C2)c1. The van der Waals surface area contributed by atoms with E-state index in [-0.39, 0.29) is 18.2 Å². The summed E-state index contributed by atoms with van der Waals surface area (Å²) in [6.45, 7) is 3.31. The van der Waals surface area contributed by atoms with Gasteiger partial charge in [-0.3, -0.25) is 9.59 Å². The Balaban J connectivity index is 1.23. The molecule has 0 N–H and O–H groups in total. The van der Waals surface area contributed by atoms with Gasteiger partial charge in [-0.25, -0.2) is 0 Å². The molecule has 7 rings (SSSR count). The van der Waals surface area contributed by atoms with Gasteiger partial charge in [0.05, 0.1) is 14.2 Å². The lowest BCUT2D eigenvalue weighted by atomic mass is 9.86. The molecule has 2 heterocycles. The third-order valence-electron chi connectivity index (χ3n) is 10.3. The molecule has 3 unspecified atom stereocenters. The van der Waals surface area contributed by atoms with Crippen molar-refractivity contribution < 1.29 is 28.5 Å². The molecule has 1 saturated heterocycles. The zero-order chi connectivity index (χ0) is 37.5. The predicted octanol–water partition coefficient (Wildman–Crippen LogP) is 8.51. The lowest BCUT2D eigenvalue weighted by Crippen LogP contribution is -2.61. The van der Waals surface area contributed by atoms with E-state index in [2.05, 4.69) is 47.2 Å². The fourth-order valence-corrected chi connectivity index (χ4v) is 7.56. The summed E-state index contributed by atoms with van der Waals surface area (Å²) in [6.07, 6.45) is 2.50. The Morgan fingerprint density at radius 1 is 0.741 bits per heavy atom. The van der Waals surface area contributed by atoms with E-state index >= 15 is 4.79 Å². The number of ether oxygens (including phenoxy) is 4. The van der Waals surface area contributed by atoms with Gasteiger partial charge in [0, 0.05) is 49.1 Å². The number of benzene rings is 5. The number of para-hydroxylation sites is 3. The second kappa shape index (κ2) is 16.3. The summed E-state index contributed by atoms with van der Waals surface area (Å²) < 4.78 is 26.2. The smallest absolute Gasteiger partial charge is 0.274 e. The Morgan fingerprint density at radius 2 is 1.35 bits per heavy atom. The van der Waals surface area contributed by atoms with Crippen LogP contribution in [0.5, 0.6) is 23.0 Å². The molecule has 0 aliphatic carbocycles. The van der Waals surface area contributed by atoms with Crippen LogP contribution in [-0.4, -0.2) is 60.2 Å². The highest BCUT2D eigenvalue weighted by atomic mass is 16.5. The molecule has 1 amide bonds. The molecule has 0 spiro atoms. The van der Waals surface area contributed by atoms with Gasteiger partial charge in [0.1, 0.15) is 23.0 Å². The highest BCUT2D eigenvalue weighted by Crippen LogP contribution is 2.37. The Hall–Kier alpha value is -6.02. The molecule has 54 heavy (non-hydrogen) atoms. The minimum absolute atomic E-state index is 0.0614. The van der Waals surface area contributed by atoms with Crippen molar-refractivity contribution in [2.75, 3.05) is 27.3 Å². The number of Topliss-reactive ketones (excluding diaryl/α,β-unsaturated/α-hetero) is 1. The first-order chi connectivity index (χ1) is 26.4. The summed E-state index contributed by atoms with van der Waals surface area (Å²) >= 11 is 0. The number of hydrogen-bond acceptors (Lipinski definition) is 6. The number of aromatic nitrogens is 1. The normalized spacial score (nSPS) is 15.7. The van der Waals surface area contributed by atoms with Crippen molar-refractivity contribution in [1.29, 1.82) is 0 Å². The highest BCUT2D eigenvalue weighted by Gasteiger charge is 2.53. The summed E-state index contributed by atoms with van der Waals surface area (Å²) in [5.74, 6) is 1.78. The number of carbonyl (C=O) groups is 2. The van der Waals surface area contributed by atoms with Crippen LogP contribution in [0.15, 0.2) is 140 Å². The Morgan fingerprint density at radius 3 is 2.06 bits per heavy atom. The number of ketones is 1. The standard InChI is InChI=1S/C46H46N2O6/c1-33(53-37-16-6-4-7-17-37)44(49)46(54-38-18-8-5-9-19-38,26-24-34-14-12-20-39(28-34)51-2)45(50)47-27-25-36(31-47)42-32-48(43-23-11-10-22-41(42)43)30-35-15-13-21-40(29-35)52-3/h4-23,28-29,32-33,36H,24-27,30-31H2,1-3H3. The van der Waals surface area contributed by atoms with Crippen LogP contribution in [0.4, 0.5) is 0 Å². The Kier molecular flexibility index (Phi) is 11.0. The topological polar surface area (TPSA) is 79.2 Å². The third kappa shape index (κ3) is 7.83. The molecular formula is C46H46N2O6. The summed E-state index contributed by atoms with van der Waals surface area (Å²) in [7, 11) is 3.30. The van der Waals surface area contributed by atoms with Crippen molar-refractivity contribution in [3.63, 3.8) is 0 Å². The van der Waals surface area contributed by atoms with Crippen LogP contribution in [0.25, 0.3) is 10.9 Å². The van der Waals surface area contributed by atoms with Gasteiger partial charge in [-0.05, 0) is 91.1 Å². The van der Waals surface area contributed by atoms with Crippen LogP contribution in [0.3, 0.4) is 0 Å². The van der Waals surface area contributed by atoms with Gasteiger partial charge >= 0.3 is 0 Å². The lowest BCUT2D eigenvalue weighted by Gasteiger charge is -2.36. The first-order valence-electron chi connectivity index (χ1n) is 18.5. The van der Waals surface area contributed by atoms with Gasteiger partial charge in [0.25, 0.3) is 5.91 Å². The van der Waals surface area contributed by atoms with E-state index in [1.807, 2.05) is 77.7 Å². The number of methoxy groups -OCH3 is 2. The zero-order valence-corrected chi connectivity index (χ0v) is 31.0. The second-order valence-electron chi connectivity index (χ2n) is 13.8. The number of nitrogens with zero attached hydrogens (tertiary/aromatic N) is 2. The molecular weight excluding hydrogens is 677 g/mol. The molecule has 8 nitrogen and oxygen atoms in total. The lowest BCUT2D eigenvalue weighted by molar-refractivity contribution is -0.160. The van der Waals surface area contributed by atoms with Crippen LogP contribution in [-0.2, 0) is 22.6 Å². The molecule has 1 aliphatic rings.